The Labute approximate surface area is 189 Å². The lowest BCUT2D eigenvalue weighted by atomic mass is 10.0. The quantitative estimate of drug-likeness (QED) is 0.367. The van der Waals surface area contributed by atoms with E-state index in [0.717, 1.165) is 41.4 Å². The molecule has 10 heteroatoms. The lowest BCUT2D eigenvalue weighted by Crippen LogP contribution is -2.30. The average Bonchev–Trinajstić information content (AvgIpc) is 3.40. The third-order valence-corrected chi connectivity index (χ3v) is 6.87. The number of aromatic nitrogens is 4. The number of anilines is 2. The maximum Gasteiger partial charge on any atom is 0.326 e. The molecule has 0 amide bonds. The highest BCUT2D eigenvalue weighted by Gasteiger charge is 2.54. The number of ether oxygens (including phenoxy) is 1. The Hall–Kier alpha value is -3.50. The van der Waals surface area contributed by atoms with Crippen molar-refractivity contribution in [3.8, 4) is 11.8 Å². The standard InChI is InChI=1S/C23H25FN8O/c1-27-16-7-12(24)6-15-18-20(29-19(15)16)30-22(33-14-3-2-13(8-25)28-9-14)31-21(18)32-10-17(26)23(11-32)4-5-23/h2-3,6-7,9,17,27H,4-5,8,10-11,25-26H2,1H3,(H,29,30,31)/t17-/m0/s1. The highest BCUT2D eigenvalue weighted by molar-refractivity contribution is 6.14. The first-order valence-corrected chi connectivity index (χ1v) is 11.0. The van der Waals surface area contributed by atoms with Gasteiger partial charge in [-0.15, -0.1) is 0 Å². The van der Waals surface area contributed by atoms with Crippen LogP contribution in [0.5, 0.6) is 11.8 Å². The van der Waals surface area contributed by atoms with Gasteiger partial charge in [-0.2, -0.15) is 9.97 Å². The summed E-state index contributed by atoms with van der Waals surface area (Å²) in [5.74, 6) is 0.869. The molecule has 0 unspecified atom stereocenters. The number of nitrogens with two attached hydrogens (primary N) is 2. The van der Waals surface area contributed by atoms with Crippen molar-refractivity contribution in [2.75, 3.05) is 30.4 Å². The fraction of sp³-hybridized carbons (Fsp3) is 0.348. The molecular formula is C23H25FN8O. The molecule has 1 aromatic carbocycles. The van der Waals surface area contributed by atoms with Crippen LogP contribution in [0, 0.1) is 11.2 Å². The van der Waals surface area contributed by atoms with E-state index in [1.807, 2.05) is 0 Å². The molecule has 33 heavy (non-hydrogen) atoms. The number of nitrogens with one attached hydrogen (secondary N) is 2. The van der Waals surface area contributed by atoms with Crippen LogP contribution in [-0.2, 0) is 6.54 Å². The molecule has 1 saturated heterocycles. The van der Waals surface area contributed by atoms with Crippen LogP contribution in [0.15, 0.2) is 30.5 Å². The lowest BCUT2D eigenvalue weighted by molar-refractivity contribution is 0.441. The molecule has 9 nitrogen and oxygen atoms in total. The molecule has 6 N–H and O–H groups in total. The highest BCUT2D eigenvalue weighted by atomic mass is 19.1. The van der Waals surface area contributed by atoms with E-state index in [2.05, 4.69) is 25.2 Å². The second-order valence-electron chi connectivity index (χ2n) is 8.95. The van der Waals surface area contributed by atoms with Gasteiger partial charge in [0.1, 0.15) is 23.0 Å². The maximum atomic E-state index is 14.5. The van der Waals surface area contributed by atoms with Gasteiger partial charge in [0.2, 0.25) is 0 Å². The Balaban J connectivity index is 1.52. The third-order valence-electron chi connectivity index (χ3n) is 6.87. The van der Waals surface area contributed by atoms with Gasteiger partial charge in [0.15, 0.2) is 0 Å². The van der Waals surface area contributed by atoms with E-state index in [1.54, 1.807) is 25.4 Å². The van der Waals surface area contributed by atoms with Crippen LogP contribution < -0.4 is 26.4 Å². The molecule has 6 rings (SSSR count). The number of hydrogen-bond acceptors (Lipinski definition) is 8. The lowest BCUT2D eigenvalue weighted by Gasteiger charge is -2.19. The number of H-pyrrole nitrogens is 1. The maximum absolute atomic E-state index is 14.5. The summed E-state index contributed by atoms with van der Waals surface area (Å²) in [5, 5.41) is 4.53. The highest BCUT2D eigenvalue weighted by Crippen LogP contribution is 2.53. The number of benzene rings is 1. The Morgan fingerprint density at radius 3 is 2.82 bits per heavy atom. The average molecular weight is 449 g/mol. The van der Waals surface area contributed by atoms with Crippen molar-refractivity contribution >= 4 is 33.4 Å². The second kappa shape index (κ2) is 7.26. The number of halogens is 1. The van der Waals surface area contributed by atoms with Gasteiger partial charge in [-0.3, -0.25) is 4.98 Å². The van der Waals surface area contributed by atoms with E-state index < -0.39 is 0 Å². The molecule has 0 bridgehead atoms. The first kappa shape index (κ1) is 20.1. The van der Waals surface area contributed by atoms with E-state index in [1.165, 1.54) is 12.1 Å². The van der Waals surface area contributed by atoms with Crippen LogP contribution in [-0.4, -0.2) is 46.1 Å². The molecule has 2 aliphatic rings. The number of pyridine rings is 1. The van der Waals surface area contributed by atoms with Crippen LogP contribution in [0.2, 0.25) is 0 Å². The predicted molar refractivity (Wildman–Crippen MR) is 125 cm³/mol. The summed E-state index contributed by atoms with van der Waals surface area (Å²) in [6, 6.07) is 6.82. The molecule has 4 aromatic rings. The zero-order valence-electron chi connectivity index (χ0n) is 18.2. The summed E-state index contributed by atoms with van der Waals surface area (Å²) in [7, 11) is 1.76. The molecule has 0 radical (unpaired) electrons. The van der Waals surface area contributed by atoms with Crippen LogP contribution in [0.4, 0.5) is 15.9 Å². The van der Waals surface area contributed by atoms with Crippen molar-refractivity contribution in [3.63, 3.8) is 0 Å². The van der Waals surface area contributed by atoms with E-state index in [9.17, 15) is 4.39 Å². The van der Waals surface area contributed by atoms with Crippen LogP contribution in [0.25, 0.3) is 21.9 Å². The van der Waals surface area contributed by atoms with E-state index in [0.29, 0.717) is 36.0 Å². The molecule has 1 spiro atoms. The summed E-state index contributed by atoms with van der Waals surface area (Å²) in [6.07, 6.45) is 3.84. The summed E-state index contributed by atoms with van der Waals surface area (Å²) in [6.45, 7) is 1.84. The van der Waals surface area contributed by atoms with Gasteiger partial charge in [-0.1, -0.05) is 0 Å². The molecule has 3 aromatic heterocycles. The van der Waals surface area contributed by atoms with Crippen molar-refractivity contribution in [1.29, 1.82) is 0 Å². The molecule has 170 valence electrons. The minimum Gasteiger partial charge on any atom is -0.423 e. The fourth-order valence-electron chi connectivity index (χ4n) is 4.84. The molecule has 1 atom stereocenters. The minimum absolute atomic E-state index is 0.0784. The predicted octanol–water partition coefficient (Wildman–Crippen LogP) is 2.87. The Morgan fingerprint density at radius 1 is 1.30 bits per heavy atom. The van der Waals surface area contributed by atoms with Crippen molar-refractivity contribution in [3.05, 3.63) is 42.0 Å². The topological polar surface area (TPSA) is 131 Å². The monoisotopic (exact) mass is 448 g/mol. The van der Waals surface area contributed by atoms with Crippen molar-refractivity contribution in [2.45, 2.75) is 25.4 Å². The molecular weight excluding hydrogens is 423 g/mol. The van der Waals surface area contributed by atoms with Gasteiger partial charge in [-0.25, -0.2) is 4.39 Å². The Kier molecular flexibility index (Phi) is 4.43. The van der Waals surface area contributed by atoms with E-state index in [4.69, 9.17) is 21.2 Å². The summed E-state index contributed by atoms with van der Waals surface area (Å²) < 4.78 is 20.4. The number of hydrogen-bond donors (Lipinski definition) is 4. The molecule has 1 saturated carbocycles. The van der Waals surface area contributed by atoms with Crippen LogP contribution >= 0.6 is 0 Å². The van der Waals surface area contributed by atoms with Gasteiger partial charge in [0.05, 0.1) is 28.5 Å². The van der Waals surface area contributed by atoms with Gasteiger partial charge in [-0.05, 0) is 37.1 Å². The molecule has 1 aliphatic carbocycles. The SMILES string of the molecule is CNc1cc(F)cc2c1[nH]c1nc(Oc3ccc(CN)nc3)nc(N3C[C@H](N)C4(CC4)C3)c12. The summed E-state index contributed by atoms with van der Waals surface area (Å²) >= 11 is 0. The van der Waals surface area contributed by atoms with E-state index >= 15 is 0 Å². The second-order valence-corrected chi connectivity index (χ2v) is 8.95. The first-order chi connectivity index (χ1) is 16.0. The Morgan fingerprint density at radius 2 is 2.15 bits per heavy atom. The number of aromatic amines is 1. The molecule has 2 fully saturated rings. The van der Waals surface area contributed by atoms with E-state index in [-0.39, 0.29) is 23.3 Å². The smallest absolute Gasteiger partial charge is 0.326 e. The summed E-state index contributed by atoms with van der Waals surface area (Å²) in [5.41, 5.74) is 15.0. The molecule has 1 aliphatic heterocycles. The zero-order chi connectivity index (χ0) is 22.7. The van der Waals surface area contributed by atoms with Gasteiger partial charge < -0.3 is 31.4 Å². The van der Waals surface area contributed by atoms with Gasteiger partial charge >= 0.3 is 6.01 Å². The minimum atomic E-state index is -0.332. The largest absolute Gasteiger partial charge is 0.423 e. The van der Waals surface area contributed by atoms with Crippen LogP contribution in [0.3, 0.4) is 0 Å². The number of fused-ring (bicyclic) bond motifs is 3. The zero-order valence-corrected chi connectivity index (χ0v) is 18.2. The van der Waals surface area contributed by atoms with Crippen molar-refractivity contribution < 1.29 is 9.13 Å². The number of nitrogens with zero attached hydrogens (tertiary/aromatic N) is 4. The van der Waals surface area contributed by atoms with Gasteiger partial charge in [0.25, 0.3) is 0 Å². The first-order valence-electron chi connectivity index (χ1n) is 11.0. The van der Waals surface area contributed by atoms with Crippen LogP contribution in [0.1, 0.15) is 18.5 Å². The molecule has 4 heterocycles. The normalized spacial score (nSPS) is 19.0. The van der Waals surface area contributed by atoms with Gasteiger partial charge in [0, 0.05) is 43.5 Å². The summed E-state index contributed by atoms with van der Waals surface area (Å²) in [4.78, 5) is 19.2. The van der Waals surface area contributed by atoms with Crippen molar-refractivity contribution in [2.24, 2.45) is 16.9 Å². The Bertz CT molecular complexity index is 1360. The third kappa shape index (κ3) is 3.25. The number of rotatable bonds is 5. The van der Waals surface area contributed by atoms with Crippen molar-refractivity contribution in [1.82, 2.24) is 19.9 Å². The fourth-order valence-corrected chi connectivity index (χ4v) is 4.84.